The van der Waals surface area contributed by atoms with Crippen molar-refractivity contribution in [2.24, 2.45) is 0 Å². The molecule has 3 heterocycles. The second-order valence-electron chi connectivity index (χ2n) is 7.27. The Morgan fingerprint density at radius 2 is 1.89 bits per heavy atom. The number of aromatic nitrogens is 5. The van der Waals surface area contributed by atoms with E-state index < -0.39 is 0 Å². The van der Waals surface area contributed by atoms with Crippen molar-refractivity contribution in [1.29, 1.82) is 0 Å². The lowest BCUT2D eigenvalue weighted by molar-refractivity contribution is 0.648. The van der Waals surface area contributed by atoms with E-state index in [-0.39, 0.29) is 16.8 Å². The summed E-state index contributed by atoms with van der Waals surface area (Å²) < 4.78 is 3.19. The Kier molecular flexibility index (Phi) is 5.56. The van der Waals surface area contributed by atoms with Gasteiger partial charge >= 0.3 is 5.69 Å². The van der Waals surface area contributed by atoms with Gasteiger partial charge in [-0.2, -0.15) is 9.97 Å². The van der Waals surface area contributed by atoms with Crippen molar-refractivity contribution >= 4 is 28.7 Å². The molecule has 148 valence electrons. The van der Waals surface area contributed by atoms with Crippen molar-refractivity contribution in [1.82, 2.24) is 24.1 Å². The highest BCUT2D eigenvalue weighted by Crippen LogP contribution is 2.23. The topological polar surface area (TPSA) is 91.6 Å². The van der Waals surface area contributed by atoms with Crippen molar-refractivity contribution in [2.75, 3.05) is 5.73 Å². The molecule has 3 rings (SSSR count). The monoisotopic (exact) mass is 400 g/mol. The van der Waals surface area contributed by atoms with Crippen LogP contribution in [0, 0.1) is 20.8 Å². The minimum atomic E-state index is -0.196. The molecule has 2 N–H and O–H groups in total. The van der Waals surface area contributed by atoms with Crippen LogP contribution in [0.5, 0.6) is 0 Å². The van der Waals surface area contributed by atoms with E-state index in [2.05, 4.69) is 28.0 Å². The number of hydrogen-bond acceptors (Lipinski definition) is 5. The predicted molar refractivity (Wildman–Crippen MR) is 113 cm³/mol. The first kappa shape index (κ1) is 20.1. The van der Waals surface area contributed by atoms with Crippen LogP contribution in [0.25, 0.3) is 11.2 Å². The number of pyridine rings is 1. The van der Waals surface area contributed by atoms with Crippen LogP contribution in [0.4, 0.5) is 5.95 Å². The molecule has 3 aromatic rings. The van der Waals surface area contributed by atoms with Crippen LogP contribution in [0.2, 0.25) is 5.15 Å². The summed E-state index contributed by atoms with van der Waals surface area (Å²) >= 11 is 6.34. The number of aryl methyl sites for hydroxylation is 2. The molecule has 8 heteroatoms. The van der Waals surface area contributed by atoms with Gasteiger partial charge in [0, 0.05) is 12.7 Å². The summed E-state index contributed by atoms with van der Waals surface area (Å²) in [6.07, 6.45) is 4.62. The summed E-state index contributed by atoms with van der Waals surface area (Å²) in [6, 6.07) is 0. The van der Waals surface area contributed by atoms with Gasteiger partial charge in [-0.15, -0.1) is 0 Å². The van der Waals surface area contributed by atoms with E-state index in [4.69, 9.17) is 17.3 Å². The Balaban J connectivity index is 2.17. The third-order valence-corrected chi connectivity index (χ3v) is 5.31. The Morgan fingerprint density at radius 3 is 2.57 bits per heavy atom. The van der Waals surface area contributed by atoms with Gasteiger partial charge in [0.15, 0.2) is 10.8 Å². The quantitative estimate of drug-likeness (QED) is 0.522. The number of nitrogens with zero attached hydrogens (tertiary/aromatic N) is 5. The number of rotatable bonds is 5. The van der Waals surface area contributed by atoms with E-state index in [0.717, 1.165) is 22.4 Å². The van der Waals surface area contributed by atoms with Crippen LogP contribution in [-0.4, -0.2) is 24.1 Å². The van der Waals surface area contributed by atoms with E-state index in [1.54, 1.807) is 9.13 Å². The van der Waals surface area contributed by atoms with Gasteiger partial charge < -0.3 is 5.73 Å². The van der Waals surface area contributed by atoms with Crippen LogP contribution in [0.1, 0.15) is 42.7 Å². The molecule has 0 unspecified atom stereocenters. The molecule has 0 aliphatic rings. The molecule has 0 amide bonds. The minimum Gasteiger partial charge on any atom is -0.368 e. The maximum Gasteiger partial charge on any atom is 0.330 e. The standard InChI is InChI=1S/C20H25ClN6O/c1-11(2)7-6-8-26-16-17(21)24-19(22)25-18(16)27(20(26)28)10-15-14(5)13(4)12(3)9-23-15/h7,9H,6,8,10H2,1-5H3,(H2,22,24,25). The number of hydrogen-bond donors (Lipinski definition) is 1. The van der Waals surface area contributed by atoms with Gasteiger partial charge in [0.25, 0.3) is 0 Å². The van der Waals surface area contributed by atoms with Gasteiger partial charge in [0.05, 0.1) is 12.2 Å². The van der Waals surface area contributed by atoms with Crippen LogP contribution in [0.15, 0.2) is 22.6 Å². The second-order valence-corrected chi connectivity index (χ2v) is 7.63. The van der Waals surface area contributed by atoms with Crippen molar-refractivity contribution in [3.8, 4) is 0 Å². The minimum absolute atomic E-state index is 0.0393. The fourth-order valence-corrected chi connectivity index (χ4v) is 3.48. The maximum atomic E-state index is 13.2. The van der Waals surface area contributed by atoms with E-state index in [9.17, 15) is 4.79 Å². The number of halogens is 1. The zero-order chi connectivity index (χ0) is 20.6. The average molecular weight is 401 g/mol. The molecule has 0 spiro atoms. The smallest absolute Gasteiger partial charge is 0.330 e. The summed E-state index contributed by atoms with van der Waals surface area (Å²) in [4.78, 5) is 26.1. The number of nitrogen functional groups attached to an aromatic ring is 1. The largest absolute Gasteiger partial charge is 0.368 e. The van der Waals surface area contributed by atoms with E-state index >= 15 is 0 Å². The molecular formula is C20H25ClN6O. The Hall–Kier alpha value is -2.67. The van der Waals surface area contributed by atoms with Gasteiger partial charge in [-0.3, -0.25) is 14.1 Å². The van der Waals surface area contributed by atoms with E-state index in [0.29, 0.717) is 30.7 Å². The SMILES string of the molecule is CC(C)=CCCn1c(=O)n(Cc2ncc(C)c(C)c2C)c2nc(N)nc(Cl)c21. The highest BCUT2D eigenvalue weighted by atomic mass is 35.5. The Labute approximate surface area is 168 Å². The lowest BCUT2D eigenvalue weighted by Crippen LogP contribution is -2.25. The summed E-state index contributed by atoms with van der Waals surface area (Å²) in [5, 5.41) is 0.181. The summed E-state index contributed by atoms with van der Waals surface area (Å²) in [5.41, 5.74) is 11.9. The van der Waals surface area contributed by atoms with Gasteiger partial charge in [-0.1, -0.05) is 23.3 Å². The van der Waals surface area contributed by atoms with Gasteiger partial charge in [-0.25, -0.2) is 4.79 Å². The molecule has 0 saturated carbocycles. The van der Waals surface area contributed by atoms with Crippen LogP contribution in [0.3, 0.4) is 0 Å². The van der Waals surface area contributed by atoms with Gasteiger partial charge in [0.2, 0.25) is 5.95 Å². The average Bonchev–Trinajstić information content (AvgIpc) is 2.87. The first-order chi connectivity index (χ1) is 13.2. The summed E-state index contributed by atoms with van der Waals surface area (Å²) in [7, 11) is 0. The predicted octanol–water partition coefficient (Wildman–Crippen LogP) is 3.55. The Morgan fingerprint density at radius 1 is 1.18 bits per heavy atom. The van der Waals surface area contributed by atoms with Crippen molar-refractivity contribution in [3.05, 3.63) is 55.9 Å². The number of allylic oxidation sites excluding steroid dienone is 2. The van der Waals surface area contributed by atoms with Crippen molar-refractivity contribution in [3.63, 3.8) is 0 Å². The molecule has 0 bridgehead atoms. The van der Waals surface area contributed by atoms with Gasteiger partial charge in [0.1, 0.15) is 5.52 Å². The third kappa shape index (κ3) is 3.67. The molecule has 0 aromatic carbocycles. The number of nitrogens with two attached hydrogens (primary N) is 1. The lowest BCUT2D eigenvalue weighted by atomic mass is 10.0. The molecule has 0 aliphatic carbocycles. The highest BCUT2D eigenvalue weighted by molar-refractivity contribution is 6.33. The normalized spacial score (nSPS) is 11.2. The first-order valence-corrected chi connectivity index (χ1v) is 9.55. The van der Waals surface area contributed by atoms with Crippen LogP contribution < -0.4 is 11.4 Å². The van der Waals surface area contributed by atoms with Crippen molar-refractivity contribution in [2.45, 2.75) is 54.1 Å². The molecule has 28 heavy (non-hydrogen) atoms. The lowest BCUT2D eigenvalue weighted by Gasteiger charge is -2.10. The number of fused-ring (bicyclic) bond motifs is 1. The maximum absolute atomic E-state index is 13.2. The van der Waals surface area contributed by atoms with E-state index in [1.165, 1.54) is 5.57 Å². The zero-order valence-corrected chi connectivity index (χ0v) is 17.6. The van der Waals surface area contributed by atoms with E-state index in [1.807, 2.05) is 33.9 Å². The third-order valence-electron chi connectivity index (χ3n) is 5.04. The fourth-order valence-electron chi connectivity index (χ4n) is 3.21. The Bertz CT molecular complexity index is 1140. The summed E-state index contributed by atoms with van der Waals surface area (Å²) in [5.74, 6) is 0.0393. The zero-order valence-electron chi connectivity index (χ0n) is 16.9. The number of anilines is 1. The van der Waals surface area contributed by atoms with Crippen LogP contribution >= 0.6 is 11.6 Å². The molecule has 0 aliphatic heterocycles. The van der Waals surface area contributed by atoms with Crippen LogP contribution in [-0.2, 0) is 13.1 Å². The van der Waals surface area contributed by atoms with Crippen molar-refractivity contribution < 1.29 is 0 Å². The second kappa shape index (κ2) is 7.75. The molecule has 0 radical (unpaired) electrons. The molecule has 0 saturated heterocycles. The molecule has 7 nitrogen and oxygen atoms in total. The molecule has 0 fully saturated rings. The summed E-state index contributed by atoms with van der Waals surface area (Å²) in [6.45, 7) is 10.9. The highest BCUT2D eigenvalue weighted by Gasteiger charge is 2.20. The van der Waals surface area contributed by atoms with Gasteiger partial charge in [-0.05, 0) is 57.7 Å². The molecular weight excluding hydrogens is 376 g/mol. The molecule has 3 aromatic heterocycles. The fraction of sp³-hybridized carbons (Fsp3) is 0.400. The molecule has 0 atom stereocenters. The number of imidazole rings is 1. The first-order valence-electron chi connectivity index (χ1n) is 9.17.